The summed E-state index contributed by atoms with van der Waals surface area (Å²) in [6, 6.07) is 12.8. The summed E-state index contributed by atoms with van der Waals surface area (Å²) >= 11 is 5.93. The van der Waals surface area contributed by atoms with Gasteiger partial charge in [-0.25, -0.2) is 9.48 Å². The summed E-state index contributed by atoms with van der Waals surface area (Å²) in [7, 11) is 0. The van der Waals surface area contributed by atoms with Crippen LogP contribution in [-0.4, -0.2) is 38.2 Å². The molecule has 2 aromatic carbocycles. The van der Waals surface area contributed by atoms with Crippen LogP contribution in [0.1, 0.15) is 22.8 Å². The summed E-state index contributed by atoms with van der Waals surface area (Å²) < 4.78 is 6.63. The number of aromatic nitrogens is 4. The van der Waals surface area contributed by atoms with Crippen molar-refractivity contribution in [3.63, 3.8) is 0 Å². The number of halogens is 1. The number of benzene rings is 2. The molecule has 28 heavy (non-hydrogen) atoms. The lowest BCUT2D eigenvalue weighted by molar-refractivity contribution is -0.123. The lowest BCUT2D eigenvalue weighted by atomic mass is 10.2. The number of hydrogen-bond acceptors (Lipinski definition) is 7. The topological polar surface area (TPSA) is 123 Å². The molecule has 1 N–H and O–H groups in total. The van der Waals surface area contributed by atoms with Gasteiger partial charge in [0.25, 0.3) is 5.91 Å². The molecular formula is C18H13ClN6O3. The highest BCUT2D eigenvalue weighted by molar-refractivity contribution is 6.32. The zero-order valence-electron chi connectivity index (χ0n) is 14.5. The minimum Gasteiger partial charge on any atom is -0.449 e. The van der Waals surface area contributed by atoms with E-state index in [9.17, 15) is 9.59 Å². The molecule has 0 saturated carbocycles. The van der Waals surface area contributed by atoms with E-state index in [1.54, 1.807) is 24.3 Å². The maximum Gasteiger partial charge on any atom is 0.338 e. The Bertz CT molecular complexity index is 1040. The summed E-state index contributed by atoms with van der Waals surface area (Å²) in [5.41, 5.74) is 1.63. The Labute approximate surface area is 164 Å². The molecule has 0 radical (unpaired) electrons. The standard InChI is InChI=1S/C18H13ClN6O3/c1-11(17(26)22-14-5-2-13(9-20)16(19)8-14)28-18(27)12-3-6-15(7-4-12)25-10-21-23-24-25/h2-8,10-11H,1H3,(H,22,26)/t11-/m1/s1. The van der Waals surface area contributed by atoms with Crippen LogP contribution >= 0.6 is 11.6 Å². The van der Waals surface area contributed by atoms with Crippen LogP contribution in [0.25, 0.3) is 5.69 Å². The van der Waals surface area contributed by atoms with Gasteiger partial charge in [0.2, 0.25) is 0 Å². The number of nitrogens with zero attached hydrogens (tertiary/aromatic N) is 5. The molecule has 140 valence electrons. The quantitative estimate of drug-likeness (QED) is 0.656. The highest BCUT2D eigenvalue weighted by Gasteiger charge is 2.19. The average Bonchev–Trinajstić information content (AvgIpc) is 3.23. The fraction of sp³-hybridized carbons (Fsp3) is 0.111. The number of tetrazole rings is 1. The van der Waals surface area contributed by atoms with Crippen LogP contribution in [0, 0.1) is 11.3 Å². The maximum absolute atomic E-state index is 12.2. The van der Waals surface area contributed by atoms with Crippen molar-refractivity contribution < 1.29 is 14.3 Å². The van der Waals surface area contributed by atoms with Crippen molar-refractivity contribution in [2.24, 2.45) is 0 Å². The van der Waals surface area contributed by atoms with E-state index in [0.717, 1.165) is 0 Å². The van der Waals surface area contributed by atoms with Crippen LogP contribution in [0.2, 0.25) is 5.02 Å². The van der Waals surface area contributed by atoms with Gasteiger partial charge in [0.05, 0.1) is 21.8 Å². The first kappa shape index (κ1) is 19.0. The van der Waals surface area contributed by atoms with Crippen LogP contribution in [0.5, 0.6) is 0 Å². The van der Waals surface area contributed by atoms with Crippen LogP contribution in [0.3, 0.4) is 0 Å². The number of carbonyl (C=O) groups excluding carboxylic acids is 2. The molecule has 3 aromatic rings. The Kier molecular flexibility index (Phi) is 5.62. The average molecular weight is 397 g/mol. The predicted octanol–water partition coefficient (Wildman–Crippen LogP) is 2.37. The van der Waals surface area contributed by atoms with E-state index in [4.69, 9.17) is 21.6 Å². The second kappa shape index (κ2) is 8.28. The number of nitrogens with one attached hydrogen (secondary N) is 1. The van der Waals surface area contributed by atoms with Crippen molar-refractivity contribution in [3.8, 4) is 11.8 Å². The molecule has 0 aliphatic heterocycles. The van der Waals surface area contributed by atoms with Crippen LogP contribution < -0.4 is 5.32 Å². The van der Waals surface area contributed by atoms with Gasteiger partial charge >= 0.3 is 5.97 Å². The molecule has 1 heterocycles. The largest absolute Gasteiger partial charge is 0.449 e. The van der Waals surface area contributed by atoms with Crippen molar-refractivity contribution in [2.75, 3.05) is 5.32 Å². The molecule has 0 aliphatic rings. The zero-order valence-corrected chi connectivity index (χ0v) is 15.3. The molecule has 1 amide bonds. The molecule has 9 nitrogen and oxygen atoms in total. The molecule has 1 aromatic heterocycles. The number of hydrogen-bond donors (Lipinski definition) is 1. The van der Waals surface area contributed by atoms with E-state index in [2.05, 4.69) is 20.8 Å². The third-order valence-corrected chi connectivity index (χ3v) is 4.04. The number of ether oxygens (including phenoxy) is 1. The van der Waals surface area contributed by atoms with Crippen LogP contribution in [-0.2, 0) is 9.53 Å². The molecular weight excluding hydrogens is 384 g/mol. The summed E-state index contributed by atoms with van der Waals surface area (Å²) in [4.78, 5) is 24.5. The second-order valence-electron chi connectivity index (χ2n) is 5.64. The van der Waals surface area contributed by atoms with Gasteiger partial charge in [-0.15, -0.1) is 5.10 Å². The Morgan fingerprint density at radius 2 is 2.00 bits per heavy atom. The summed E-state index contributed by atoms with van der Waals surface area (Å²) in [6.45, 7) is 1.45. The fourth-order valence-corrected chi connectivity index (χ4v) is 2.46. The van der Waals surface area contributed by atoms with Gasteiger partial charge in [-0.3, -0.25) is 4.79 Å². The molecule has 10 heteroatoms. The third kappa shape index (κ3) is 4.31. The Balaban J connectivity index is 1.61. The molecule has 1 atom stereocenters. The highest BCUT2D eigenvalue weighted by atomic mass is 35.5. The number of esters is 1. The summed E-state index contributed by atoms with van der Waals surface area (Å²) in [5, 5.41) is 22.5. The van der Waals surface area contributed by atoms with E-state index in [0.29, 0.717) is 16.9 Å². The highest BCUT2D eigenvalue weighted by Crippen LogP contribution is 2.20. The third-order valence-electron chi connectivity index (χ3n) is 3.73. The minimum atomic E-state index is -1.04. The van der Waals surface area contributed by atoms with E-state index in [1.165, 1.54) is 36.1 Å². The van der Waals surface area contributed by atoms with E-state index in [1.807, 2.05) is 6.07 Å². The van der Waals surface area contributed by atoms with Crippen molar-refractivity contribution in [1.29, 1.82) is 5.26 Å². The van der Waals surface area contributed by atoms with Crippen molar-refractivity contribution >= 4 is 29.2 Å². The second-order valence-corrected chi connectivity index (χ2v) is 6.05. The molecule has 0 fully saturated rings. The van der Waals surface area contributed by atoms with Gasteiger partial charge in [-0.05, 0) is 59.8 Å². The number of amides is 1. The van der Waals surface area contributed by atoms with Gasteiger partial charge in [0.15, 0.2) is 6.10 Å². The Morgan fingerprint density at radius 3 is 2.61 bits per heavy atom. The van der Waals surface area contributed by atoms with Gasteiger partial charge in [0.1, 0.15) is 12.4 Å². The lowest BCUT2D eigenvalue weighted by Gasteiger charge is -2.14. The monoisotopic (exact) mass is 396 g/mol. The fourth-order valence-electron chi connectivity index (χ4n) is 2.24. The molecule has 0 unspecified atom stereocenters. The van der Waals surface area contributed by atoms with Crippen molar-refractivity contribution in [1.82, 2.24) is 20.2 Å². The van der Waals surface area contributed by atoms with E-state index in [-0.39, 0.29) is 10.6 Å². The molecule has 0 saturated heterocycles. The first-order valence-corrected chi connectivity index (χ1v) is 8.40. The Hall–Kier alpha value is -3.77. The van der Waals surface area contributed by atoms with Gasteiger partial charge < -0.3 is 10.1 Å². The van der Waals surface area contributed by atoms with E-state index >= 15 is 0 Å². The molecule has 0 aliphatic carbocycles. The van der Waals surface area contributed by atoms with E-state index < -0.39 is 18.0 Å². The molecule has 0 bridgehead atoms. The number of carbonyl (C=O) groups is 2. The Morgan fingerprint density at radius 1 is 1.25 bits per heavy atom. The normalized spacial score (nSPS) is 11.3. The van der Waals surface area contributed by atoms with Gasteiger partial charge in [0, 0.05) is 5.69 Å². The summed E-state index contributed by atoms with van der Waals surface area (Å²) in [5.74, 6) is -1.18. The number of rotatable bonds is 5. The number of anilines is 1. The SMILES string of the molecule is C[C@@H](OC(=O)c1ccc(-n2cnnn2)cc1)C(=O)Nc1ccc(C#N)c(Cl)c1. The van der Waals surface area contributed by atoms with Gasteiger partial charge in [-0.2, -0.15) is 5.26 Å². The maximum atomic E-state index is 12.2. The zero-order chi connectivity index (χ0) is 20.1. The van der Waals surface area contributed by atoms with Gasteiger partial charge in [-0.1, -0.05) is 11.6 Å². The van der Waals surface area contributed by atoms with Crippen molar-refractivity contribution in [2.45, 2.75) is 13.0 Å². The first-order valence-electron chi connectivity index (χ1n) is 8.03. The lowest BCUT2D eigenvalue weighted by Crippen LogP contribution is -2.30. The minimum absolute atomic E-state index is 0.215. The van der Waals surface area contributed by atoms with Crippen LogP contribution in [0.15, 0.2) is 48.8 Å². The smallest absolute Gasteiger partial charge is 0.338 e. The summed E-state index contributed by atoms with van der Waals surface area (Å²) in [6.07, 6.45) is 0.385. The number of nitriles is 1. The van der Waals surface area contributed by atoms with Crippen LogP contribution in [0.4, 0.5) is 5.69 Å². The van der Waals surface area contributed by atoms with Crippen molar-refractivity contribution in [3.05, 3.63) is 64.9 Å². The first-order chi connectivity index (χ1) is 13.5. The molecule has 3 rings (SSSR count). The molecule has 0 spiro atoms. The predicted molar refractivity (Wildman–Crippen MR) is 98.8 cm³/mol.